The predicted octanol–water partition coefficient (Wildman–Crippen LogP) is 2.99. The molecule has 1 N–H and O–H groups in total. The van der Waals surface area contributed by atoms with Gasteiger partial charge >= 0.3 is 6.01 Å². The maximum absolute atomic E-state index is 12.6. The van der Waals surface area contributed by atoms with Crippen LogP contribution in [-0.2, 0) is 0 Å². The van der Waals surface area contributed by atoms with Crippen LogP contribution in [0, 0.1) is 13.8 Å². The fourth-order valence-corrected chi connectivity index (χ4v) is 2.38. The molecule has 0 aliphatic heterocycles. The first-order valence-corrected chi connectivity index (χ1v) is 8.33. The Balaban J connectivity index is 1.73. The summed E-state index contributed by atoms with van der Waals surface area (Å²) < 4.78 is 5.53. The summed E-state index contributed by atoms with van der Waals surface area (Å²) in [5.74, 6) is 0.904. The average molecular weight is 364 g/mol. The summed E-state index contributed by atoms with van der Waals surface area (Å²) >= 11 is 0. The third kappa shape index (κ3) is 4.35. The van der Waals surface area contributed by atoms with Gasteiger partial charge < -0.3 is 15.0 Å². The van der Waals surface area contributed by atoms with Gasteiger partial charge in [0.2, 0.25) is 5.95 Å². The molecule has 0 atom stereocenters. The van der Waals surface area contributed by atoms with E-state index in [1.54, 1.807) is 42.7 Å². The van der Waals surface area contributed by atoms with Crippen LogP contribution in [0.15, 0.2) is 42.7 Å². The topological polar surface area (TPSA) is 93.1 Å². The number of amides is 1. The monoisotopic (exact) mass is 364 g/mol. The van der Waals surface area contributed by atoms with Crippen molar-refractivity contribution in [1.29, 1.82) is 0 Å². The average Bonchev–Trinajstić information content (AvgIpc) is 2.65. The van der Waals surface area contributed by atoms with Crippen LogP contribution in [0.4, 0.5) is 11.6 Å². The molecule has 0 spiro atoms. The minimum absolute atomic E-state index is 0.245. The Labute approximate surface area is 157 Å². The molecule has 0 aliphatic rings. The van der Waals surface area contributed by atoms with Crippen LogP contribution in [0.25, 0.3) is 0 Å². The summed E-state index contributed by atoms with van der Waals surface area (Å²) in [5.41, 5.74) is 2.52. The first-order chi connectivity index (χ1) is 12.9. The summed E-state index contributed by atoms with van der Waals surface area (Å²) in [6.07, 6.45) is 3.19. The van der Waals surface area contributed by atoms with E-state index in [1.165, 1.54) is 0 Å². The summed E-state index contributed by atoms with van der Waals surface area (Å²) in [5, 5.41) is 2.88. The molecular formula is C19H20N6O2. The van der Waals surface area contributed by atoms with Gasteiger partial charge in [0.05, 0.1) is 17.1 Å². The highest BCUT2D eigenvalue weighted by molar-refractivity contribution is 6.04. The number of aromatic nitrogens is 4. The van der Waals surface area contributed by atoms with Crippen molar-refractivity contribution in [2.45, 2.75) is 13.8 Å². The van der Waals surface area contributed by atoms with E-state index in [2.05, 4.69) is 25.3 Å². The lowest BCUT2D eigenvalue weighted by molar-refractivity contribution is 0.102. The van der Waals surface area contributed by atoms with Gasteiger partial charge in [0.1, 0.15) is 5.75 Å². The Kier molecular flexibility index (Phi) is 5.25. The van der Waals surface area contributed by atoms with Crippen molar-refractivity contribution >= 4 is 17.5 Å². The van der Waals surface area contributed by atoms with Gasteiger partial charge in [-0.1, -0.05) is 0 Å². The molecule has 0 aliphatic carbocycles. The highest BCUT2D eigenvalue weighted by Gasteiger charge is 2.14. The minimum atomic E-state index is -0.245. The van der Waals surface area contributed by atoms with Gasteiger partial charge in [-0.2, -0.15) is 0 Å². The first kappa shape index (κ1) is 18.2. The van der Waals surface area contributed by atoms with E-state index in [9.17, 15) is 4.79 Å². The Morgan fingerprint density at radius 1 is 1.00 bits per heavy atom. The van der Waals surface area contributed by atoms with Gasteiger partial charge in [-0.3, -0.25) is 4.79 Å². The first-order valence-electron chi connectivity index (χ1n) is 8.33. The summed E-state index contributed by atoms with van der Waals surface area (Å²) in [4.78, 5) is 31.2. The number of ether oxygens (including phenoxy) is 1. The number of benzene rings is 1. The molecule has 0 bridgehead atoms. The second-order valence-electron chi connectivity index (χ2n) is 6.08. The molecule has 2 heterocycles. The SMILES string of the molecule is Cc1nc(N(C)C)nc(C)c1NC(=O)c1ccc(Oc2ncccn2)cc1. The zero-order valence-electron chi connectivity index (χ0n) is 15.6. The molecule has 8 heteroatoms. The van der Waals surface area contributed by atoms with Crippen molar-refractivity contribution < 1.29 is 9.53 Å². The molecule has 0 fully saturated rings. The Morgan fingerprint density at radius 2 is 1.59 bits per heavy atom. The summed E-state index contributed by atoms with van der Waals surface area (Å²) in [6, 6.07) is 8.69. The highest BCUT2D eigenvalue weighted by Crippen LogP contribution is 2.22. The molecule has 8 nitrogen and oxygen atoms in total. The zero-order chi connectivity index (χ0) is 19.4. The number of nitrogens with zero attached hydrogens (tertiary/aromatic N) is 5. The maximum atomic E-state index is 12.6. The lowest BCUT2D eigenvalue weighted by atomic mass is 10.2. The van der Waals surface area contributed by atoms with Gasteiger partial charge in [-0.25, -0.2) is 19.9 Å². The Morgan fingerprint density at radius 3 is 2.15 bits per heavy atom. The van der Waals surface area contributed by atoms with E-state index in [4.69, 9.17) is 4.74 Å². The van der Waals surface area contributed by atoms with Gasteiger partial charge in [0.25, 0.3) is 5.91 Å². The van der Waals surface area contributed by atoms with Crippen molar-refractivity contribution in [3.05, 3.63) is 59.7 Å². The Bertz CT molecular complexity index is 919. The van der Waals surface area contributed by atoms with Gasteiger partial charge in [-0.15, -0.1) is 0 Å². The molecule has 3 aromatic rings. The molecule has 0 radical (unpaired) electrons. The van der Waals surface area contributed by atoms with Crippen LogP contribution in [0.5, 0.6) is 11.8 Å². The van der Waals surface area contributed by atoms with Crippen LogP contribution in [-0.4, -0.2) is 39.9 Å². The number of hydrogen-bond donors (Lipinski definition) is 1. The largest absolute Gasteiger partial charge is 0.424 e. The summed E-state index contributed by atoms with van der Waals surface area (Å²) in [7, 11) is 3.74. The molecule has 2 aromatic heterocycles. The van der Waals surface area contributed by atoms with Crippen LogP contribution in [0.2, 0.25) is 0 Å². The van der Waals surface area contributed by atoms with E-state index < -0.39 is 0 Å². The minimum Gasteiger partial charge on any atom is -0.424 e. The van der Waals surface area contributed by atoms with E-state index in [1.807, 2.05) is 32.8 Å². The smallest absolute Gasteiger partial charge is 0.321 e. The van der Waals surface area contributed by atoms with E-state index >= 15 is 0 Å². The van der Waals surface area contributed by atoms with Crippen molar-refractivity contribution in [1.82, 2.24) is 19.9 Å². The quantitative estimate of drug-likeness (QED) is 0.744. The number of nitrogens with one attached hydrogen (secondary N) is 1. The van der Waals surface area contributed by atoms with Crippen molar-refractivity contribution in [3.8, 4) is 11.8 Å². The lowest BCUT2D eigenvalue weighted by Gasteiger charge is -2.15. The van der Waals surface area contributed by atoms with Crippen LogP contribution in [0.1, 0.15) is 21.7 Å². The van der Waals surface area contributed by atoms with Crippen molar-refractivity contribution in [2.24, 2.45) is 0 Å². The third-order valence-electron chi connectivity index (χ3n) is 3.77. The number of anilines is 2. The van der Waals surface area contributed by atoms with Crippen LogP contribution < -0.4 is 15.0 Å². The summed E-state index contributed by atoms with van der Waals surface area (Å²) in [6.45, 7) is 3.68. The zero-order valence-corrected chi connectivity index (χ0v) is 15.6. The molecule has 1 aromatic carbocycles. The number of rotatable bonds is 5. The second kappa shape index (κ2) is 7.77. The highest BCUT2D eigenvalue weighted by atomic mass is 16.5. The molecule has 0 unspecified atom stereocenters. The van der Waals surface area contributed by atoms with Crippen LogP contribution in [0.3, 0.4) is 0 Å². The third-order valence-corrected chi connectivity index (χ3v) is 3.77. The molecule has 138 valence electrons. The normalized spacial score (nSPS) is 10.4. The van der Waals surface area contributed by atoms with Gasteiger partial charge in [0, 0.05) is 32.1 Å². The Hall–Kier alpha value is -3.55. The lowest BCUT2D eigenvalue weighted by Crippen LogP contribution is -2.18. The molecule has 1 amide bonds. The van der Waals surface area contributed by atoms with Gasteiger partial charge in [-0.05, 0) is 44.2 Å². The molecule has 0 saturated heterocycles. The van der Waals surface area contributed by atoms with Crippen molar-refractivity contribution in [3.63, 3.8) is 0 Å². The standard InChI is InChI=1S/C19H20N6O2/c1-12-16(13(2)23-18(22-12)25(3)4)24-17(26)14-6-8-15(9-7-14)27-19-20-10-5-11-21-19/h5-11H,1-4H3,(H,24,26). The van der Waals surface area contributed by atoms with E-state index in [-0.39, 0.29) is 11.9 Å². The fraction of sp³-hybridized carbons (Fsp3) is 0.211. The molecule has 27 heavy (non-hydrogen) atoms. The molecule has 3 rings (SSSR count). The predicted molar refractivity (Wildman–Crippen MR) is 102 cm³/mol. The van der Waals surface area contributed by atoms with E-state index in [0.717, 1.165) is 0 Å². The number of aryl methyl sites for hydroxylation is 2. The second-order valence-corrected chi connectivity index (χ2v) is 6.08. The molecular weight excluding hydrogens is 344 g/mol. The van der Waals surface area contributed by atoms with Gasteiger partial charge in [0.15, 0.2) is 0 Å². The number of carbonyl (C=O) groups excluding carboxylic acids is 1. The fourth-order valence-electron chi connectivity index (χ4n) is 2.38. The van der Waals surface area contributed by atoms with Crippen LogP contribution >= 0.6 is 0 Å². The van der Waals surface area contributed by atoms with E-state index in [0.29, 0.717) is 34.3 Å². The number of hydrogen-bond acceptors (Lipinski definition) is 7. The molecule has 0 saturated carbocycles. The van der Waals surface area contributed by atoms with Crippen molar-refractivity contribution in [2.75, 3.05) is 24.3 Å². The maximum Gasteiger partial charge on any atom is 0.321 e. The number of carbonyl (C=O) groups is 1.